The van der Waals surface area contributed by atoms with E-state index in [1.165, 1.54) is 19.2 Å². The monoisotopic (exact) mass is 314 g/mol. The third-order valence-electron chi connectivity index (χ3n) is 3.30. The molecule has 1 amide bonds. The SMILES string of the molecule is COC(=O)NC1CCN(c2cc(N)cc(S(N)(=O)=O)c2)C1. The minimum Gasteiger partial charge on any atom is -0.453 e. The first-order valence-electron chi connectivity index (χ1n) is 6.32. The lowest BCUT2D eigenvalue weighted by Gasteiger charge is -2.20. The van der Waals surface area contributed by atoms with Crippen molar-refractivity contribution in [3.8, 4) is 0 Å². The molecule has 1 atom stereocenters. The van der Waals surface area contributed by atoms with Crippen LogP contribution in [0.25, 0.3) is 0 Å². The van der Waals surface area contributed by atoms with E-state index < -0.39 is 16.1 Å². The van der Waals surface area contributed by atoms with Crippen LogP contribution in [-0.4, -0.2) is 40.8 Å². The van der Waals surface area contributed by atoms with Crippen molar-refractivity contribution in [2.45, 2.75) is 17.4 Å². The minimum atomic E-state index is -3.81. The van der Waals surface area contributed by atoms with Gasteiger partial charge in [-0.25, -0.2) is 18.4 Å². The quantitative estimate of drug-likeness (QED) is 0.666. The molecule has 0 spiro atoms. The number of carbonyl (C=O) groups excluding carboxylic acids is 1. The molecule has 1 unspecified atom stereocenters. The Bertz CT molecular complexity index is 647. The van der Waals surface area contributed by atoms with E-state index >= 15 is 0 Å². The summed E-state index contributed by atoms with van der Waals surface area (Å²) in [6, 6.07) is 4.41. The van der Waals surface area contributed by atoms with Gasteiger partial charge in [0.05, 0.1) is 18.0 Å². The molecular formula is C12H18N4O4S. The van der Waals surface area contributed by atoms with Crippen LogP contribution in [0.1, 0.15) is 6.42 Å². The molecule has 0 bridgehead atoms. The molecule has 0 saturated carbocycles. The highest BCUT2D eigenvalue weighted by molar-refractivity contribution is 7.89. The Morgan fingerprint density at radius 1 is 1.43 bits per heavy atom. The predicted octanol–water partition coefficient (Wildman–Crippen LogP) is -0.149. The molecular weight excluding hydrogens is 296 g/mol. The van der Waals surface area contributed by atoms with E-state index in [1.807, 2.05) is 4.90 Å². The van der Waals surface area contributed by atoms with Crippen molar-refractivity contribution in [3.63, 3.8) is 0 Å². The molecule has 9 heteroatoms. The van der Waals surface area contributed by atoms with Crippen LogP contribution in [-0.2, 0) is 14.8 Å². The maximum Gasteiger partial charge on any atom is 0.407 e. The number of anilines is 2. The maximum atomic E-state index is 11.4. The Kier molecular flexibility index (Phi) is 4.24. The van der Waals surface area contributed by atoms with E-state index in [2.05, 4.69) is 10.1 Å². The molecule has 1 aliphatic rings. The van der Waals surface area contributed by atoms with Crippen LogP contribution < -0.4 is 21.1 Å². The number of methoxy groups -OCH3 is 1. The number of sulfonamides is 1. The molecule has 21 heavy (non-hydrogen) atoms. The van der Waals surface area contributed by atoms with Gasteiger partial charge in [-0.2, -0.15) is 0 Å². The van der Waals surface area contributed by atoms with Gasteiger partial charge in [0.25, 0.3) is 0 Å². The van der Waals surface area contributed by atoms with Crippen LogP contribution in [0.15, 0.2) is 23.1 Å². The number of hydrogen-bond acceptors (Lipinski definition) is 6. The van der Waals surface area contributed by atoms with Crippen molar-refractivity contribution < 1.29 is 17.9 Å². The molecule has 1 aromatic rings. The summed E-state index contributed by atoms with van der Waals surface area (Å²) in [5, 5.41) is 7.84. The molecule has 1 saturated heterocycles. The van der Waals surface area contributed by atoms with Gasteiger partial charge < -0.3 is 20.7 Å². The first-order chi connectivity index (χ1) is 9.79. The number of nitrogens with zero attached hydrogens (tertiary/aromatic N) is 1. The lowest BCUT2D eigenvalue weighted by atomic mass is 10.2. The molecule has 0 radical (unpaired) electrons. The van der Waals surface area contributed by atoms with Gasteiger partial charge in [-0.1, -0.05) is 0 Å². The Morgan fingerprint density at radius 2 is 2.14 bits per heavy atom. The number of amides is 1. The van der Waals surface area contributed by atoms with Crippen LogP contribution in [0.3, 0.4) is 0 Å². The second kappa shape index (κ2) is 5.78. The largest absolute Gasteiger partial charge is 0.453 e. The van der Waals surface area contributed by atoms with Crippen LogP contribution in [0, 0.1) is 0 Å². The standard InChI is InChI=1S/C12H18N4O4S/c1-20-12(17)15-9-2-3-16(7-9)10-4-8(13)5-11(6-10)21(14,18)19/h4-6,9H,2-3,7,13H2,1H3,(H,15,17)(H2,14,18,19). The molecule has 2 rings (SSSR count). The molecule has 1 aliphatic heterocycles. The number of carbonyl (C=O) groups is 1. The van der Waals surface area contributed by atoms with E-state index in [0.29, 0.717) is 24.5 Å². The van der Waals surface area contributed by atoms with E-state index in [4.69, 9.17) is 10.9 Å². The summed E-state index contributed by atoms with van der Waals surface area (Å²) in [5.41, 5.74) is 6.70. The molecule has 0 aliphatic carbocycles. The summed E-state index contributed by atoms with van der Waals surface area (Å²) < 4.78 is 27.4. The van der Waals surface area contributed by atoms with Crippen LogP contribution in [0.4, 0.5) is 16.2 Å². The Hall–Kier alpha value is -2.00. The summed E-state index contributed by atoms with van der Waals surface area (Å²) in [5.74, 6) is 0. The number of nitrogens with two attached hydrogens (primary N) is 2. The summed E-state index contributed by atoms with van der Waals surface area (Å²) in [7, 11) is -2.51. The number of alkyl carbamates (subject to hydrolysis) is 1. The average molecular weight is 314 g/mol. The van der Waals surface area contributed by atoms with E-state index in [1.54, 1.807) is 6.07 Å². The minimum absolute atomic E-state index is 0.0260. The molecule has 1 aromatic carbocycles. The highest BCUT2D eigenvalue weighted by Gasteiger charge is 2.25. The highest BCUT2D eigenvalue weighted by Crippen LogP contribution is 2.26. The second-order valence-electron chi connectivity index (χ2n) is 4.87. The van der Waals surface area contributed by atoms with Crippen molar-refractivity contribution in [2.75, 3.05) is 30.8 Å². The third kappa shape index (κ3) is 3.76. The molecule has 1 heterocycles. The van der Waals surface area contributed by atoms with Crippen molar-refractivity contribution in [2.24, 2.45) is 5.14 Å². The predicted molar refractivity (Wildman–Crippen MR) is 78.4 cm³/mol. The third-order valence-corrected chi connectivity index (χ3v) is 4.20. The lowest BCUT2D eigenvalue weighted by molar-refractivity contribution is 0.167. The van der Waals surface area contributed by atoms with E-state index in [-0.39, 0.29) is 10.9 Å². The second-order valence-corrected chi connectivity index (χ2v) is 6.43. The molecule has 1 fully saturated rings. The maximum absolute atomic E-state index is 11.4. The van der Waals surface area contributed by atoms with Crippen LogP contribution in [0.5, 0.6) is 0 Å². The number of primary sulfonamides is 1. The summed E-state index contributed by atoms with van der Waals surface area (Å²) in [4.78, 5) is 13.1. The zero-order valence-corrected chi connectivity index (χ0v) is 12.4. The van der Waals surface area contributed by atoms with Gasteiger partial charge in [0.1, 0.15) is 0 Å². The summed E-state index contributed by atoms with van der Waals surface area (Å²) >= 11 is 0. The van der Waals surface area contributed by atoms with E-state index in [9.17, 15) is 13.2 Å². The Labute approximate surface area is 123 Å². The highest BCUT2D eigenvalue weighted by atomic mass is 32.2. The first-order valence-corrected chi connectivity index (χ1v) is 7.87. The zero-order chi connectivity index (χ0) is 15.6. The van der Waals surface area contributed by atoms with Gasteiger partial charge in [-0.15, -0.1) is 0 Å². The van der Waals surface area contributed by atoms with Gasteiger partial charge in [0, 0.05) is 24.5 Å². The van der Waals surface area contributed by atoms with Crippen LogP contribution >= 0.6 is 0 Å². The van der Waals surface area contributed by atoms with Crippen molar-refractivity contribution >= 4 is 27.5 Å². The van der Waals surface area contributed by atoms with Gasteiger partial charge in [0.2, 0.25) is 10.0 Å². The number of nitrogens with one attached hydrogen (secondary N) is 1. The average Bonchev–Trinajstić information content (AvgIpc) is 2.85. The number of rotatable bonds is 3. The fourth-order valence-corrected chi connectivity index (χ4v) is 2.88. The first kappa shape index (κ1) is 15.4. The Morgan fingerprint density at radius 3 is 2.76 bits per heavy atom. The molecule has 8 nitrogen and oxygen atoms in total. The van der Waals surface area contributed by atoms with Gasteiger partial charge in [-0.3, -0.25) is 0 Å². The summed E-state index contributed by atoms with van der Waals surface area (Å²) in [6.45, 7) is 1.21. The molecule has 5 N–H and O–H groups in total. The smallest absolute Gasteiger partial charge is 0.407 e. The Balaban J connectivity index is 2.17. The fourth-order valence-electron chi connectivity index (χ4n) is 2.29. The van der Waals surface area contributed by atoms with Crippen molar-refractivity contribution in [3.05, 3.63) is 18.2 Å². The number of benzene rings is 1. The number of ether oxygens (including phenoxy) is 1. The fraction of sp³-hybridized carbons (Fsp3) is 0.417. The van der Waals surface area contributed by atoms with Gasteiger partial charge in [-0.05, 0) is 24.6 Å². The van der Waals surface area contributed by atoms with Crippen molar-refractivity contribution in [1.29, 1.82) is 0 Å². The van der Waals surface area contributed by atoms with Gasteiger partial charge >= 0.3 is 6.09 Å². The van der Waals surface area contributed by atoms with Crippen LogP contribution in [0.2, 0.25) is 0 Å². The number of hydrogen-bond donors (Lipinski definition) is 3. The topological polar surface area (TPSA) is 128 Å². The normalized spacial score (nSPS) is 18.6. The zero-order valence-electron chi connectivity index (χ0n) is 11.6. The molecule has 0 aromatic heterocycles. The lowest BCUT2D eigenvalue weighted by Crippen LogP contribution is -2.37. The van der Waals surface area contributed by atoms with Crippen molar-refractivity contribution in [1.82, 2.24) is 5.32 Å². The van der Waals surface area contributed by atoms with Gasteiger partial charge in [0.15, 0.2) is 0 Å². The number of nitrogen functional groups attached to an aromatic ring is 1. The molecule has 116 valence electrons. The summed E-state index contributed by atoms with van der Waals surface area (Å²) in [6.07, 6.45) is 0.244. The van der Waals surface area contributed by atoms with E-state index in [0.717, 1.165) is 6.42 Å².